The van der Waals surface area contributed by atoms with Gasteiger partial charge >= 0.3 is 0 Å². The van der Waals surface area contributed by atoms with Crippen LogP contribution in [0.5, 0.6) is 0 Å². The minimum Gasteiger partial charge on any atom is -0.405 e. The van der Waals surface area contributed by atoms with Gasteiger partial charge in [0, 0.05) is 5.92 Å². The summed E-state index contributed by atoms with van der Waals surface area (Å²) >= 11 is 0. The van der Waals surface area contributed by atoms with E-state index in [0.29, 0.717) is 11.8 Å². The zero-order valence-corrected chi connectivity index (χ0v) is 6.90. The SMILES string of the molecule is CCC1C=CC=CC1/C=C\N. The molecule has 0 aromatic rings. The molecule has 11 heavy (non-hydrogen) atoms. The summed E-state index contributed by atoms with van der Waals surface area (Å²) in [7, 11) is 0. The lowest BCUT2D eigenvalue weighted by molar-refractivity contribution is 0.533. The zero-order valence-electron chi connectivity index (χ0n) is 6.90. The Morgan fingerprint density at radius 3 is 2.73 bits per heavy atom. The van der Waals surface area contributed by atoms with E-state index in [2.05, 4.69) is 31.2 Å². The molecule has 0 amide bonds. The first-order valence-corrected chi connectivity index (χ1v) is 4.12. The van der Waals surface area contributed by atoms with Gasteiger partial charge in [0.1, 0.15) is 0 Å². The van der Waals surface area contributed by atoms with Gasteiger partial charge in [-0.15, -0.1) is 0 Å². The van der Waals surface area contributed by atoms with Gasteiger partial charge in [-0.3, -0.25) is 0 Å². The first-order chi connectivity index (χ1) is 5.38. The third-order valence-electron chi connectivity index (χ3n) is 2.10. The monoisotopic (exact) mass is 149 g/mol. The van der Waals surface area contributed by atoms with Crippen molar-refractivity contribution in [3.8, 4) is 0 Å². The Morgan fingerprint density at radius 1 is 1.36 bits per heavy atom. The normalized spacial score (nSPS) is 29.9. The molecule has 2 N–H and O–H groups in total. The molecule has 0 aromatic heterocycles. The standard InChI is InChI=1S/C10H15N/c1-2-9-5-3-4-6-10(9)7-8-11/h3-10H,2,11H2,1H3/b8-7-. The summed E-state index contributed by atoms with van der Waals surface area (Å²) in [6.07, 6.45) is 13.5. The lowest BCUT2D eigenvalue weighted by Gasteiger charge is -2.18. The van der Waals surface area contributed by atoms with Crippen LogP contribution in [-0.2, 0) is 0 Å². The van der Waals surface area contributed by atoms with Gasteiger partial charge in [-0.1, -0.05) is 37.3 Å². The first-order valence-electron chi connectivity index (χ1n) is 4.12. The van der Waals surface area contributed by atoms with E-state index in [4.69, 9.17) is 5.73 Å². The average molecular weight is 149 g/mol. The summed E-state index contributed by atoms with van der Waals surface area (Å²) in [5, 5.41) is 0. The number of rotatable bonds is 2. The second-order valence-corrected chi connectivity index (χ2v) is 2.80. The topological polar surface area (TPSA) is 26.0 Å². The fourth-order valence-corrected chi connectivity index (χ4v) is 1.41. The van der Waals surface area contributed by atoms with Crippen LogP contribution in [0.4, 0.5) is 0 Å². The van der Waals surface area contributed by atoms with Crippen LogP contribution in [-0.4, -0.2) is 0 Å². The highest BCUT2D eigenvalue weighted by Gasteiger charge is 2.12. The summed E-state index contributed by atoms with van der Waals surface area (Å²) < 4.78 is 0. The summed E-state index contributed by atoms with van der Waals surface area (Å²) in [5.74, 6) is 1.15. The maximum Gasteiger partial charge on any atom is 0.00296 e. The van der Waals surface area contributed by atoms with E-state index in [-0.39, 0.29) is 0 Å². The second-order valence-electron chi connectivity index (χ2n) is 2.80. The molecule has 1 heteroatoms. The lowest BCUT2D eigenvalue weighted by atomic mass is 9.86. The van der Waals surface area contributed by atoms with Crippen LogP contribution in [0.2, 0.25) is 0 Å². The van der Waals surface area contributed by atoms with E-state index in [9.17, 15) is 0 Å². The van der Waals surface area contributed by atoms with Gasteiger partial charge in [0.25, 0.3) is 0 Å². The van der Waals surface area contributed by atoms with Crippen molar-refractivity contribution in [1.29, 1.82) is 0 Å². The molecule has 1 rings (SSSR count). The van der Waals surface area contributed by atoms with Crippen molar-refractivity contribution in [2.24, 2.45) is 17.6 Å². The number of nitrogens with two attached hydrogens (primary N) is 1. The Bertz CT molecular complexity index is 189. The van der Waals surface area contributed by atoms with Crippen LogP contribution in [0.3, 0.4) is 0 Å². The van der Waals surface area contributed by atoms with Crippen molar-refractivity contribution in [1.82, 2.24) is 0 Å². The van der Waals surface area contributed by atoms with E-state index in [0.717, 1.165) is 0 Å². The van der Waals surface area contributed by atoms with Gasteiger partial charge in [0.15, 0.2) is 0 Å². The van der Waals surface area contributed by atoms with Crippen molar-refractivity contribution >= 4 is 0 Å². The minimum absolute atomic E-state index is 0.509. The molecule has 0 aromatic carbocycles. The molecule has 0 heterocycles. The third kappa shape index (κ3) is 1.97. The minimum atomic E-state index is 0.509. The van der Waals surface area contributed by atoms with E-state index < -0.39 is 0 Å². The Morgan fingerprint density at radius 2 is 2.09 bits per heavy atom. The van der Waals surface area contributed by atoms with Crippen LogP contribution in [0, 0.1) is 11.8 Å². The highest BCUT2D eigenvalue weighted by molar-refractivity contribution is 5.18. The molecule has 0 saturated carbocycles. The van der Waals surface area contributed by atoms with Gasteiger partial charge < -0.3 is 5.73 Å². The van der Waals surface area contributed by atoms with Crippen molar-refractivity contribution in [2.45, 2.75) is 13.3 Å². The van der Waals surface area contributed by atoms with Crippen LogP contribution in [0.25, 0.3) is 0 Å². The molecule has 1 nitrogen and oxygen atoms in total. The molecular formula is C10H15N. The van der Waals surface area contributed by atoms with Crippen LogP contribution >= 0.6 is 0 Å². The molecule has 0 radical (unpaired) electrons. The van der Waals surface area contributed by atoms with E-state index in [1.807, 2.05) is 6.08 Å². The Balaban J connectivity index is 2.62. The Hall–Kier alpha value is -0.980. The van der Waals surface area contributed by atoms with Crippen LogP contribution in [0.1, 0.15) is 13.3 Å². The predicted molar refractivity (Wildman–Crippen MR) is 48.9 cm³/mol. The molecule has 0 fully saturated rings. The summed E-state index contributed by atoms with van der Waals surface area (Å²) in [5.41, 5.74) is 5.34. The molecular weight excluding hydrogens is 134 g/mol. The fourth-order valence-electron chi connectivity index (χ4n) is 1.41. The van der Waals surface area contributed by atoms with Crippen molar-refractivity contribution in [3.05, 3.63) is 36.6 Å². The second kappa shape index (κ2) is 4.02. The van der Waals surface area contributed by atoms with Crippen molar-refractivity contribution in [2.75, 3.05) is 0 Å². The van der Waals surface area contributed by atoms with Crippen molar-refractivity contribution < 1.29 is 0 Å². The average Bonchev–Trinajstić information content (AvgIpc) is 2.06. The summed E-state index contributed by atoms with van der Waals surface area (Å²) in [4.78, 5) is 0. The quantitative estimate of drug-likeness (QED) is 0.640. The van der Waals surface area contributed by atoms with E-state index in [1.54, 1.807) is 6.20 Å². The number of allylic oxidation sites excluding steroid dienone is 5. The molecule has 2 unspecified atom stereocenters. The van der Waals surface area contributed by atoms with Crippen molar-refractivity contribution in [3.63, 3.8) is 0 Å². The van der Waals surface area contributed by atoms with Crippen LogP contribution < -0.4 is 5.73 Å². The van der Waals surface area contributed by atoms with Gasteiger partial charge in [-0.25, -0.2) is 0 Å². The van der Waals surface area contributed by atoms with Gasteiger partial charge in [-0.05, 0) is 18.5 Å². The molecule has 0 spiro atoms. The lowest BCUT2D eigenvalue weighted by Crippen LogP contribution is -2.09. The fraction of sp³-hybridized carbons (Fsp3) is 0.400. The molecule has 60 valence electrons. The molecule has 0 saturated heterocycles. The molecule has 1 aliphatic rings. The Labute approximate surface area is 68.3 Å². The maximum absolute atomic E-state index is 5.34. The Kier molecular flexibility index (Phi) is 2.96. The highest BCUT2D eigenvalue weighted by atomic mass is 14.5. The smallest absolute Gasteiger partial charge is 0.00296 e. The summed E-state index contributed by atoms with van der Waals surface area (Å²) in [6.45, 7) is 2.20. The first kappa shape index (κ1) is 8.12. The van der Waals surface area contributed by atoms with E-state index in [1.165, 1.54) is 6.42 Å². The predicted octanol–water partition coefficient (Wildman–Crippen LogP) is 2.23. The molecule has 0 bridgehead atoms. The molecule has 1 aliphatic carbocycles. The van der Waals surface area contributed by atoms with Gasteiger partial charge in [-0.2, -0.15) is 0 Å². The highest BCUT2D eigenvalue weighted by Crippen LogP contribution is 2.23. The summed E-state index contributed by atoms with van der Waals surface area (Å²) in [6, 6.07) is 0. The number of hydrogen-bond acceptors (Lipinski definition) is 1. The molecule has 2 atom stereocenters. The number of hydrogen-bond donors (Lipinski definition) is 1. The third-order valence-corrected chi connectivity index (χ3v) is 2.10. The zero-order chi connectivity index (χ0) is 8.10. The van der Waals surface area contributed by atoms with Gasteiger partial charge in [0.05, 0.1) is 0 Å². The largest absolute Gasteiger partial charge is 0.405 e. The van der Waals surface area contributed by atoms with E-state index >= 15 is 0 Å². The maximum atomic E-state index is 5.34. The van der Waals surface area contributed by atoms with Gasteiger partial charge in [0.2, 0.25) is 0 Å². The molecule has 0 aliphatic heterocycles. The van der Waals surface area contributed by atoms with Crippen LogP contribution in [0.15, 0.2) is 36.6 Å².